The van der Waals surface area contributed by atoms with Gasteiger partial charge in [-0.05, 0) is 17.7 Å². The van der Waals surface area contributed by atoms with Crippen LogP contribution in [0.3, 0.4) is 0 Å². The molecule has 3 heteroatoms. The maximum absolute atomic E-state index is 9.12. The van der Waals surface area contributed by atoms with Gasteiger partial charge in [0.05, 0.1) is 7.11 Å². The molecule has 0 aromatic heterocycles. The molecule has 0 spiro atoms. The minimum Gasteiger partial charge on any atom is -0.508 e. The average molecular weight is 173 g/mol. The molecule has 1 aromatic rings. The zero-order valence-electron chi connectivity index (χ0n) is 6.17. The first-order valence-corrected chi connectivity index (χ1v) is 3.72. The molecule has 0 fully saturated rings. The third-order valence-corrected chi connectivity index (χ3v) is 1.65. The van der Waals surface area contributed by atoms with Crippen LogP contribution in [0.15, 0.2) is 18.2 Å². The summed E-state index contributed by atoms with van der Waals surface area (Å²) in [6.45, 7) is 0. The molecule has 0 amide bonds. The van der Waals surface area contributed by atoms with Crippen molar-refractivity contribution in [2.75, 3.05) is 7.11 Å². The lowest BCUT2D eigenvalue weighted by Crippen LogP contribution is -1.84. The van der Waals surface area contributed by atoms with Crippen LogP contribution in [0.4, 0.5) is 0 Å². The fourth-order valence-electron chi connectivity index (χ4n) is 0.838. The minimum atomic E-state index is 0.181. The molecule has 0 aliphatic heterocycles. The fourth-order valence-corrected chi connectivity index (χ4v) is 0.993. The molecule has 0 saturated carbocycles. The van der Waals surface area contributed by atoms with Crippen molar-refractivity contribution in [3.63, 3.8) is 0 Å². The average Bonchev–Trinajstić information content (AvgIpc) is 2.03. The third kappa shape index (κ3) is 2.02. The van der Waals surface area contributed by atoms with E-state index in [1.807, 2.05) is 0 Å². The summed E-state index contributed by atoms with van der Waals surface area (Å²) in [6, 6.07) is 4.93. The van der Waals surface area contributed by atoms with E-state index in [9.17, 15) is 0 Å². The van der Waals surface area contributed by atoms with Gasteiger partial charge in [-0.3, -0.25) is 0 Å². The van der Waals surface area contributed by atoms with Gasteiger partial charge in [-0.1, -0.05) is 0 Å². The van der Waals surface area contributed by atoms with E-state index in [1.54, 1.807) is 19.2 Å². The zero-order valence-corrected chi connectivity index (χ0v) is 6.93. The highest BCUT2D eigenvalue weighted by molar-refractivity contribution is 6.17. The fraction of sp³-hybridized carbons (Fsp3) is 0.250. The first kappa shape index (κ1) is 8.21. The van der Waals surface area contributed by atoms with Crippen LogP contribution in [0.1, 0.15) is 5.56 Å². The van der Waals surface area contributed by atoms with E-state index in [1.165, 1.54) is 6.07 Å². The van der Waals surface area contributed by atoms with Crippen molar-refractivity contribution in [3.05, 3.63) is 23.8 Å². The Hall–Kier alpha value is -0.890. The van der Waals surface area contributed by atoms with Crippen LogP contribution in [0.25, 0.3) is 0 Å². The van der Waals surface area contributed by atoms with Gasteiger partial charge in [-0.15, -0.1) is 11.6 Å². The Balaban J connectivity index is 3.02. The van der Waals surface area contributed by atoms with Crippen LogP contribution in [0.5, 0.6) is 11.5 Å². The largest absolute Gasteiger partial charge is 0.508 e. The maximum Gasteiger partial charge on any atom is 0.122 e. The number of aromatic hydroxyl groups is 1. The van der Waals surface area contributed by atoms with Crippen molar-refractivity contribution in [1.29, 1.82) is 0 Å². The number of rotatable bonds is 2. The predicted octanol–water partition coefficient (Wildman–Crippen LogP) is 2.14. The van der Waals surface area contributed by atoms with Crippen LogP contribution in [-0.4, -0.2) is 12.2 Å². The zero-order chi connectivity index (χ0) is 8.27. The Morgan fingerprint density at radius 2 is 2.18 bits per heavy atom. The highest BCUT2D eigenvalue weighted by atomic mass is 35.5. The van der Waals surface area contributed by atoms with Crippen LogP contribution in [0.2, 0.25) is 0 Å². The lowest BCUT2D eigenvalue weighted by molar-refractivity contribution is 0.407. The molecular formula is C8H9ClO2. The van der Waals surface area contributed by atoms with Crippen molar-refractivity contribution < 1.29 is 9.84 Å². The van der Waals surface area contributed by atoms with Crippen LogP contribution < -0.4 is 4.74 Å². The quantitative estimate of drug-likeness (QED) is 0.693. The molecule has 1 N–H and O–H groups in total. The number of ether oxygens (including phenoxy) is 1. The van der Waals surface area contributed by atoms with Gasteiger partial charge in [-0.2, -0.15) is 0 Å². The Kier molecular flexibility index (Phi) is 2.60. The molecule has 0 unspecified atom stereocenters. The topological polar surface area (TPSA) is 29.5 Å². The molecule has 1 aromatic carbocycles. The van der Waals surface area contributed by atoms with Gasteiger partial charge < -0.3 is 9.84 Å². The molecule has 1 rings (SSSR count). The van der Waals surface area contributed by atoms with Gasteiger partial charge in [0.15, 0.2) is 0 Å². The van der Waals surface area contributed by atoms with Gasteiger partial charge in [0.2, 0.25) is 0 Å². The summed E-state index contributed by atoms with van der Waals surface area (Å²) in [4.78, 5) is 0. The van der Waals surface area contributed by atoms with Gasteiger partial charge >= 0.3 is 0 Å². The number of phenols is 1. The molecule has 0 radical (unpaired) electrons. The number of halogens is 1. The minimum absolute atomic E-state index is 0.181. The van der Waals surface area contributed by atoms with E-state index in [-0.39, 0.29) is 5.75 Å². The summed E-state index contributed by atoms with van der Waals surface area (Å²) < 4.78 is 4.92. The molecular weight excluding hydrogens is 164 g/mol. The van der Waals surface area contributed by atoms with Crippen molar-refractivity contribution in [1.82, 2.24) is 0 Å². The van der Waals surface area contributed by atoms with Gasteiger partial charge in [0.25, 0.3) is 0 Å². The number of phenolic OH excluding ortho intramolecular Hbond substituents is 1. The molecule has 2 nitrogen and oxygen atoms in total. The number of hydrogen-bond donors (Lipinski definition) is 1. The summed E-state index contributed by atoms with van der Waals surface area (Å²) in [7, 11) is 1.55. The molecule has 0 aliphatic carbocycles. The van der Waals surface area contributed by atoms with Crippen LogP contribution in [-0.2, 0) is 5.88 Å². The van der Waals surface area contributed by atoms with Crippen LogP contribution in [0, 0.1) is 0 Å². The number of hydrogen-bond acceptors (Lipinski definition) is 2. The Morgan fingerprint density at radius 1 is 1.45 bits per heavy atom. The van der Waals surface area contributed by atoms with Crippen molar-refractivity contribution in [2.24, 2.45) is 0 Å². The molecule has 60 valence electrons. The lowest BCUT2D eigenvalue weighted by Gasteiger charge is -2.02. The standard InChI is InChI=1S/C8H9ClO2/c1-11-8-3-6(5-9)2-7(10)4-8/h2-4,10H,5H2,1H3. The second-order valence-corrected chi connectivity index (χ2v) is 2.44. The van der Waals surface area contributed by atoms with E-state index in [2.05, 4.69) is 0 Å². The van der Waals surface area contributed by atoms with Crippen molar-refractivity contribution >= 4 is 11.6 Å². The van der Waals surface area contributed by atoms with Gasteiger partial charge in [-0.25, -0.2) is 0 Å². The monoisotopic (exact) mass is 172 g/mol. The Labute approximate surface area is 70.4 Å². The van der Waals surface area contributed by atoms with E-state index in [0.29, 0.717) is 11.6 Å². The van der Waals surface area contributed by atoms with Crippen LogP contribution >= 0.6 is 11.6 Å². The smallest absolute Gasteiger partial charge is 0.122 e. The Bertz CT molecular complexity index is 226. The van der Waals surface area contributed by atoms with Gasteiger partial charge in [0, 0.05) is 11.9 Å². The second kappa shape index (κ2) is 3.49. The molecule has 0 heterocycles. The van der Waals surface area contributed by atoms with E-state index in [0.717, 1.165) is 5.56 Å². The summed E-state index contributed by atoms with van der Waals surface area (Å²) in [6.07, 6.45) is 0. The maximum atomic E-state index is 9.12. The first-order chi connectivity index (χ1) is 5.26. The van der Waals surface area contributed by atoms with E-state index in [4.69, 9.17) is 21.4 Å². The number of benzene rings is 1. The van der Waals surface area contributed by atoms with Crippen molar-refractivity contribution in [2.45, 2.75) is 5.88 Å². The third-order valence-electron chi connectivity index (χ3n) is 1.34. The highest BCUT2D eigenvalue weighted by Crippen LogP contribution is 2.22. The summed E-state index contributed by atoms with van der Waals surface area (Å²) in [5, 5.41) is 9.12. The molecule has 0 aliphatic rings. The Morgan fingerprint density at radius 3 is 2.73 bits per heavy atom. The summed E-state index contributed by atoms with van der Waals surface area (Å²) in [5.41, 5.74) is 0.850. The number of methoxy groups -OCH3 is 1. The van der Waals surface area contributed by atoms with Gasteiger partial charge in [0.1, 0.15) is 11.5 Å². The van der Waals surface area contributed by atoms with Crippen molar-refractivity contribution in [3.8, 4) is 11.5 Å². The molecule has 0 bridgehead atoms. The molecule has 11 heavy (non-hydrogen) atoms. The molecule has 0 saturated heterocycles. The summed E-state index contributed by atoms with van der Waals surface area (Å²) >= 11 is 5.56. The normalized spacial score (nSPS) is 9.64. The SMILES string of the molecule is COc1cc(O)cc(CCl)c1. The van der Waals surface area contributed by atoms with E-state index >= 15 is 0 Å². The lowest BCUT2D eigenvalue weighted by atomic mass is 10.2. The predicted molar refractivity (Wildman–Crippen MR) is 44.2 cm³/mol. The second-order valence-electron chi connectivity index (χ2n) is 2.17. The highest BCUT2D eigenvalue weighted by Gasteiger charge is 1.97. The summed E-state index contributed by atoms with van der Waals surface area (Å²) in [5.74, 6) is 1.19. The number of alkyl halides is 1. The van der Waals surface area contributed by atoms with E-state index < -0.39 is 0 Å². The first-order valence-electron chi connectivity index (χ1n) is 3.19. The molecule has 0 atom stereocenters.